The maximum atomic E-state index is 5.60. The summed E-state index contributed by atoms with van der Waals surface area (Å²) in [7, 11) is 1.29. The first-order valence-electron chi connectivity index (χ1n) is 5.33. The minimum atomic E-state index is 0.330. The fourth-order valence-corrected chi connectivity index (χ4v) is 1.46. The van der Waals surface area contributed by atoms with Gasteiger partial charge < -0.3 is 10.1 Å². The molecule has 1 N–H and O–H groups in total. The largest absolute Gasteiger partial charge is 0.476 e. The van der Waals surface area contributed by atoms with Gasteiger partial charge >= 0.3 is 0 Å². The molecule has 0 spiro atoms. The van der Waals surface area contributed by atoms with Crippen LogP contribution in [0.5, 0.6) is 0 Å². The van der Waals surface area contributed by atoms with E-state index >= 15 is 0 Å². The molecular formula is C10H23NOSi. The molecule has 0 unspecified atom stereocenters. The van der Waals surface area contributed by atoms with E-state index in [0.29, 0.717) is 6.10 Å². The van der Waals surface area contributed by atoms with Crippen LogP contribution in [-0.4, -0.2) is 22.9 Å². The van der Waals surface area contributed by atoms with Gasteiger partial charge in [0.2, 0.25) is 0 Å². The number of rotatable bonds is 8. The molecular weight excluding hydrogens is 178 g/mol. The van der Waals surface area contributed by atoms with Crippen LogP contribution in [0.25, 0.3) is 0 Å². The Balaban J connectivity index is 3.48. The molecule has 13 heavy (non-hydrogen) atoms. The van der Waals surface area contributed by atoms with Crippen LogP contribution in [0, 0.1) is 0 Å². The predicted molar refractivity (Wildman–Crippen MR) is 62.0 cm³/mol. The van der Waals surface area contributed by atoms with Crippen LogP contribution in [0.1, 0.15) is 33.1 Å². The molecule has 0 aromatic rings. The molecule has 0 saturated heterocycles. The lowest BCUT2D eigenvalue weighted by Gasteiger charge is -2.18. The fraction of sp³-hybridized carbons (Fsp3) is 0.800. The average Bonchev–Trinajstić information content (AvgIpc) is 2.14. The van der Waals surface area contributed by atoms with E-state index in [0.717, 1.165) is 25.3 Å². The molecule has 0 aliphatic rings. The molecule has 0 amide bonds. The molecule has 3 heteroatoms. The summed E-state index contributed by atoms with van der Waals surface area (Å²) in [6.45, 7) is 9.12. The first kappa shape index (κ1) is 12.6. The summed E-state index contributed by atoms with van der Waals surface area (Å²) >= 11 is 0. The Morgan fingerprint density at radius 2 is 2.08 bits per heavy atom. The highest BCUT2D eigenvalue weighted by atomic mass is 28.1. The van der Waals surface area contributed by atoms with Gasteiger partial charge in [-0.25, -0.2) is 0 Å². The van der Waals surface area contributed by atoms with E-state index in [9.17, 15) is 0 Å². The van der Waals surface area contributed by atoms with Gasteiger partial charge in [0.15, 0.2) is 5.88 Å². The summed E-state index contributed by atoms with van der Waals surface area (Å²) in [4.78, 5) is 0. The molecule has 0 aromatic heterocycles. The summed E-state index contributed by atoms with van der Waals surface area (Å²) in [6.07, 6.45) is 3.67. The molecule has 78 valence electrons. The van der Waals surface area contributed by atoms with Gasteiger partial charge in [-0.2, -0.15) is 0 Å². The van der Waals surface area contributed by atoms with E-state index < -0.39 is 0 Å². The van der Waals surface area contributed by atoms with Crippen LogP contribution in [0.4, 0.5) is 0 Å². The van der Waals surface area contributed by atoms with E-state index in [4.69, 9.17) is 4.74 Å². The SMILES string of the molecule is C=C(NCCC[SiH3])OC(CC)CC. The lowest BCUT2D eigenvalue weighted by Crippen LogP contribution is -2.20. The standard InChI is InChI=1S/C10H23NOSi/c1-4-10(5-2)12-9(3)11-7-6-8-13/h10-11H,3-8H2,1-2,13H3. The Labute approximate surface area is 85.2 Å². The van der Waals surface area contributed by atoms with E-state index in [1.54, 1.807) is 0 Å². The maximum Gasteiger partial charge on any atom is 0.179 e. The van der Waals surface area contributed by atoms with Crippen molar-refractivity contribution in [3.8, 4) is 0 Å². The number of hydrogen-bond donors (Lipinski definition) is 1. The van der Waals surface area contributed by atoms with Crippen molar-refractivity contribution in [1.29, 1.82) is 0 Å². The average molecular weight is 201 g/mol. The van der Waals surface area contributed by atoms with E-state index in [-0.39, 0.29) is 0 Å². The molecule has 0 fully saturated rings. The quantitative estimate of drug-likeness (QED) is 0.364. The van der Waals surface area contributed by atoms with E-state index in [1.807, 2.05) is 0 Å². The molecule has 0 bridgehead atoms. The highest BCUT2D eigenvalue weighted by molar-refractivity contribution is 6.08. The molecule has 0 atom stereocenters. The first-order valence-corrected chi connectivity index (χ1v) is 6.75. The van der Waals surface area contributed by atoms with Gasteiger partial charge in [0, 0.05) is 16.8 Å². The van der Waals surface area contributed by atoms with Crippen molar-refractivity contribution in [1.82, 2.24) is 5.32 Å². The Morgan fingerprint density at radius 1 is 1.46 bits per heavy atom. The fourth-order valence-electron chi connectivity index (χ4n) is 1.10. The molecule has 0 radical (unpaired) electrons. The minimum Gasteiger partial charge on any atom is -0.476 e. The number of hydrogen-bond acceptors (Lipinski definition) is 2. The predicted octanol–water partition coefficient (Wildman–Crippen LogP) is 1.43. The summed E-state index contributed by atoms with van der Waals surface area (Å²) in [5.74, 6) is 0.740. The van der Waals surface area contributed by atoms with E-state index in [2.05, 4.69) is 25.7 Å². The minimum absolute atomic E-state index is 0.330. The van der Waals surface area contributed by atoms with Gasteiger partial charge in [-0.05, 0) is 25.8 Å². The molecule has 0 saturated carbocycles. The van der Waals surface area contributed by atoms with Crippen LogP contribution in [0.15, 0.2) is 12.5 Å². The van der Waals surface area contributed by atoms with Gasteiger partial charge in [-0.15, -0.1) is 0 Å². The Bertz CT molecular complexity index is 135. The first-order chi connectivity index (χ1) is 6.24. The second-order valence-electron chi connectivity index (χ2n) is 3.26. The zero-order valence-electron chi connectivity index (χ0n) is 9.23. The second kappa shape index (κ2) is 8.17. The third kappa shape index (κ3) is 6.69. The van der Waals surface area contributed by atoms with Crippen molar-refractivity contribution >= 4 is 10.2 Å². The van der Waals surface area contributed by atoms with E-state index in [1.165, 1.54) is 22.7 Å². The Kier molecular flexibility index (Phi) is 7.89. The van der Waals surface area contributed by atoms with Gasteiger partial charge in [-0.3, -0.25) is 0 Å². The molecule has 0 rings (SSSR count). The zero-order chi connectivity index (χ0) is 10.1. The van der Waals surface area contributed by atoms with Crippen molar-refractivity contribution in [2.45, 2.75) is 45.3 Å². The molecule has 0 heterocycles. The highest BCUT2D eigenvalue weighted by Crippen LogP contribution is 2.06. The van der Waals surface area contributed by atoms with Crippen molar-refractivity contribution < 1.29 is 4.74 Å². The van der Waals surface area contributed by atoms with Crippen molar-refractivity contribution in [3.05, 3.63) is 12.5 Å². The summed E-state index contributed by atoms with van der Waals surface area (Å²) in [6, 6.07) is 1.34. The second-order valence-corrected chi connectivity index (χ2v) is 4.26. The van der Waals surface area contributed by atoms with Crippen molar-refractivity contribution in [3.63, 3.8) is 0 Å². The van der Waals surface area contributed by atoms with Crippen LogP contribution < -0.4 is 5.32 Å². The van der Waals surface area contributed by atoms with Crippen LogP contribution in [-0.2, 0) is 4.74 Å². The normalized spacial score (nSPS) is 10.4. The third-order valence-electron chi connectivity index (χ3n) is 2.07. The smallest absolute Gasteiger partial charge is 0.179 e. The molecule has 0 aliphatic carbocycles. The molecule has 0 aromatic carbocycles. The zero-order valence-corrected chi connectivity index (χ0v) is 11.2. The summed E-state index contributed by atoms with van der Waals surface area (Å²) < 4.78 is 5.60. The topological polar surface area (TPSA) is 21.3 Å². The number of nitrogens with one attached hydrogen (secondary N) is 1. The number of ether oxygens (including phenoxy) is 1. The Hall–Kier alpha value is -0.443. The summed E-state index contributed by atoms with van der Waals surface area (Å²) in [5, 5.41) is 3.19. The summed E-state index contributed by atoms with van der Waals surface area (Å²) in [5.41, 5.74) is 0. The van der Waals surface area contributed by atoms with Gasteiger partial charge in [0.05, 0.1) is 6.10 Å². The lowest BCUT2D eigenvalue weighted by molar-refractivity contribution is 0.0962. The lowest BCUT2D eigenvalue weighted by atomic mass is 10.2. The van der Waals surface area contributed by atoms with Crippen LogP contribution >= 0.6 is 0 Å². The van der Waals surface area contributed by atoms with Crippen LogP contribution in [0.2, 0.25) is 6.04 Å². The Morgan fingerprint density at radius 3 is 2.54 bits per heavy atom. The van der Waals surface area contributed by atoms with Gasteiger partial charge in [0.1, 0.15) is 0 Å². The molecule has 0 aliphatic heterocycles. The molecule has 2 nitrogen and oxygen atoms in total. The van der Waals surface area contributed by atoms with Crippen molar-refractivity contribution in [2.24, 2.45) is 0 Å². The maximum absolute atomic E-state index is 5.60. The van der Waals surface area contributed by atoms with Gasteiger partial charge in [0.25, 0.3) is 0 Å². The monoisotopic (exact) mass is 201 g/mol. The third-order valence-corrected chi connectivity index (χ3v) is 2.78. The van der Waals surface area contributed by atoms with Crippen LogP contribution in [0.3, 0.4) is 0 Å². The highest BCUT2D eigenvalue weighted by Gasteiger charge is 2.04. The van der Waals surface area contributed by atoms with Crippen molar-refractivity contribution in [2.75, 3.05) is 6.54 Å². The van der Waals surface area contributed by atoms with Gasteiger partial charge in [-0.1, -0.05) is 19.9 Å².